The van der Waals surface area contributed by atoms with E-state index in [0.717, 1.165) is 18.7 Å². The van der Waals surface area contributed by atoms with Crippen molar-refractivity contribution in [2.75, 3.05) is 14.2 Å². The van der Waals surface area contributed by atoms with Crippen LogP contribution in [0.3, 0.4) is 0 Å². The van der Waals surface area contributed by atoms with Gasteiger partial charge in [-0.1, -0.05) is 13.8 Å². The molecule has 0 aliphatic heterocycles. The maximum absolute atomic E-state index is 5.58. The third-order valence-electron chi connectivity index (χ3n) is 3.30. The molecule has 1 rings (SSSR count). The molecule has 98 valence electrons. The maximum atomic E-state index is 5.58. The average Bonchev–Trinajstić information content (AvgIpc) is 2.69. The predicted molar refractivity (Wildman–Crippen MR) is 70.0 cm³/mol. The number of hydrogen-bond acceptors (Lipinski definition) is 3. The van der Waals surface area contributed by atoms with E-state index in [9.17, 15) is 0 Å². The van der Waals surface area contributed by atoms with Gasteiger partial charge >= 0.3 is 0 Å². The first-order chi connectivity index (χ1) is 8.10. The molecule has 17 heavy (non-hydrogen) atoms. The van der Waals surface area contributed by atoms with Gasteiger partial charge in [-0.2, -0.15) is 0 Å². The third kappa shape index (κ3) is 3.82. The van der Waals surface area contributed by atoms with Gasteiger partial charge in [-0.3, -0.25) is 0 Å². The molecule has 0 spiro atoms. The average molecular weight is 239 g/mol. The molecule has 0 fully saturated rings. The summed E-state index contributed by atoms with van der Waals surface area (Å²) in [6.45, 7) is 4.39. The van der Waals surface area contributed by atoms with Gasteiger partial charge in [0.2, 0.25) is 0 Å². The number of aryl methyl sites for hydroxylation is 2. The monoisotopic (exact) mass is 239 g/mol. The van der Waals surface area contributed by atoms with E-state index in [1.54, 1.807) is 7.11 Å². The highest BCUT2D eigenvalue weighted by molar-refractivity contribution is 4.93. The van der Waals surface area contributed by atoms with E-state index in [1.165, 1.54) is 0 Å². The van der Waals surface area contributed by atoms with Crippen LogP contribution >= 0.6 is 0 Å². The van der Waals surface area contributed by atoms with Crippen molar-refractivity contribution in [1.29, 1.82) is 0 Å². The highest BCUT2D eigenvalue weighted by atomic mass is 16.5. The predicted octanol–water partition coefficient (Wildman–Crippen LogP) is 1.61. The first kappa shape index (κ1) is 14.2. The molecule has 0 aliphatic carbocycles. The van der Waals surface area contributed by atoms with Gasteiger partial charge in [0.1, 0.15) is 5.82 Å². The van der Waals surface area contributed by atoms with Crippen molar-refractivity contribution < 1.29 is 4.74 Å². The Balaban J connectivity index is 2.55. The van der Waals surface area contributed by atoms with Crippen LogP contribution in [0.25, 0.3) is 0 Å². The van der Waals surface area contributed by atoms with Gasteiger partial charge in [0, 0.05) is 39.0 Å². The summed E-state index contributed by atoms with van der Waals surface area (Å²) in [7, 11) is 5.82. The summed E-state index contributed by atoms with van der Waals surface area (Å²) < 4.78 is 7.65. The van der Waals surface area contributed by atoms with Gasteiger partial charge in [-0.15, -0.1) is 0 Å². The number of aromatic nitrogens is 2. The summed E-state index contributed by atoms with van der Waals surface area (Å²) >= 11 is 0. The Hall–Kier alpha value is -0.870. The minimum absolute atomic E-state index is 0.250. The molecule has 0 saturated carbocycles. The minimum atomic E-state index is 0.250. The van der Waals surface area contributed by atoms with Gasteiger partial charge < -0.3 is 14.6 Å². The lowest BCUT2D eigenvalue weighted by Crippen LogP contribution is -2.42. The molecule has 1 N–H and O–H groups in total. The molecule has 4 nitrogen and oxygen atoms in total. The molecular formula is C13H25N3O. The van der Waals surface area contributed by atoms with Gasteiger partial charge in [0.25, 0.3) is 0 Å². The van der Waals surface area contributed by atoms with Crippen LogP contribution in [0.4, 0.5) is 0 Å². The summed E-state index contributed by atoms with van der Waals surface area (Å²) in [5.74, 6) is 1.64. The Kier molecular flexibility index (Phi) is 5.65. The zero-order chi connectivity index (χ0) is 12.8. The summed E-state index contributed by atoms with van der Waals surface area (Å²) in [6, 6.07) is 0.372. The molecule has 4 heteroatoms. The van der Waals surface area contributed by atoms with Crippen molar-refractivity contribution in [3.8, 4) is 0 Å². The molecule has 0 saturated heterocycles. The van der Waals surface area contributed by atoms with Crippen LogP contribution in [0.5, 0.6) is 0 Å². The van der Waals surface area contributed by atoms with Crippen LogP contribution < -0.4 is 5.32 Å². The van der Waals surface area contributed by atoms with E-state index in [1.807, 2.05) is 26.5 Å². The van der Waals surface area contributed by atoms with E-state index in [2.05, 4.69) is 28.7 Å². The number of hydrogen-bond donors (Lipinski definition) is 1. The van der Waals surface area contributed by atoms with Crippen LogP contribution in [-0.2, 0) is 18.2 Å². The SMILES string of the molecule is CNC(CCc1nccn1C)C(OC)C(C)C. The normalized spacial score (nSPS) is 15.2. The molecule has 2 atom stereocenters. The standard InChI is InChI=1S/C13H25N3O/c1-10(2)13(17-5)11(14-3)6-7-12-15-8-9-16(12)4/h8-11,13-14H,6-7H2,1-5H3. The molecule has 1 heterocycles. The number of likely N-dealkylation sites (N-methyl/N-ethyl adjacent to an activating group) is 1. The molecule has 0 bridgehead atoms. The van der Waals surface area contributed by atoms with Crippen LogP contribution in [-0.4, -0.2) is 35.9 Å². The Morgan fingerprint density at radius 3 is 2.59 bits per heavy atom. The zero-order valence-electron chi connectivity index (χ0n) is 11.6. The Labute approximate surface area is 104 Å². The molecule has 0 radical (unpaired) electrons. The summed E-state index contributed by atoms with van der Waals surface area (Å²) in [4.78, 5) is 4.35. The first-order valence-electron chi connectivity index (χ1n) is 6.26. The van der Waals surface area contributed by atoms with Crippen LogP contribution in [0.2, 0.25) is 0 Å². The molecule has 0 aromatic carbocycles. The van der Waals surface area contributed by atoms with Crippen molar-refractivity contribution in [1.82, 2.24) is 14.9 Å². The van der Waals surface area contributed by atoms with E-state index >= 15 is 0 Å². The van der Waals surface area contributed by atoms with Crippen LogP contribution in [0, 0.1) is 5.92 Å². The molecule has 0 amide bonds. The highest BCUT2D eigenvalue weighted by Crippen LogP contribution is 2.14. The van der Waals surface area contributed by atoms with Crippen molar-refractivity contribution in [2.45, 2.75) is 38.8 Å². The van der Waals surface area contributed by atoms with Gasteiger partial charge in [0.15, 0.2) is 0 Å². The topological polar surface area (TPSA) is 39.1 Å². The van der Waals surface area contributed by atoms with E-state index in [0.29, 0.717) is 12.0 Å². The van der Waals surface area contributed by atoms with Crippen molar-refractivity contribution in [3.05, 3.63) is 18.2 Å². The molecule has 0 aliphatic rings. The second-order valence-electron chi connectivity index (χ2n) is 4.83. The number of nitrogens with zero attached hydrogens (tertiary/aromatic N) is 2. The van der Waals surface area contributed by atoms with E-state index in [-0.39, 0.29) is 6.10 Å². The lowest BCUT2D eigenvalue weighted by molar-refractivity contribution is 0.0328. The Bertz CT molecular complexity index is 322. The van der Waals surface area contributed by atoms with Gasteiger partial charge in [0.05, 0.1) is 6.10 Å². The zero-order valence-corrected chi connectivity index (χ0v) is 11.6. The summed E-state index contributed by atoms with van der Waals surface area (Å²) in [5.41, 5.74) is 0. The first-order valence-corrected chi connectivity index (χ1v) is 6.26. The number of rotatable bonds is 7. The van der Waals surface area contributed by atoms with Crippen LogP contribution in [0.1, 0.15) is 26.1 Å². The fraction of sp³-hybridized carbons (Fsp3) is 0.769. The maximum Gasteiger partial charge on any atom is 0.108 e. The summed E-state index contributed by atoms with van der Waals surface area (Å²) in [6.07, 6.45) is 6.10. The number of methoxy groups -OCH3 is 1. The molecular weight excluding hydrogens is 214 g/mol. The second-order valence-corrected chi connectivity index (χ2v) is 4.83. The van der Waals surface area contributed by atoms with Crippen LogP contribution in [0.15, 0.2) is 12.4 Å². The largest absolute Gasteiger partial charge is 0.380 e. The fourth-order valence-corrected chi connectivity index (χ4v) is 2.30. The van der Waals surface area contributed by atoms with E-state index < -0.39 is 0 Å². The molecule has 1 aromatic heterocycles. The second kappa shape index (κ2) is 6.77. The molecule has 2 unspecified atom stereocenters. The third-order valence-corrected chi connectivity index (χ3v) is 3.30. The Morgan fingerprint density at radius 1 is 1.47 bits per heavy atom. The minimum Gasteiger partial charge on any atom is -0.380 e. The van der Waals surface area contributed by atoms with E-state index in [4.69, 9.17) is 4.74 Å². The number of nitrogens with one attached hydrogen (secondary N) is 1. The Morgan fingerprint density at radius 2 is 2.18 bits per heavy atom. The number of imidazole rings is 1. The number of ether oxygens (including phenoxy) is 1. The van der Waals surface area contributed by atoms with Crippen molar-refractivity contribution in [2.24, 2.45) is 13.0 Å². The quantitative estimate of drug-likeness (QED) is 0.786. The smallest absolute Gasteiger partial charge is 0.108 e. The summed E-state index contributed by atoms with van der Waals surface area (Å²) in [5, 5.41) is 3.35. The molecule has 1 aromatic rings. The van der Waals surface area contributed by atoms with Gasteiger partial charge in [-0.25, -0.2) is 4.98 Å². The fourth-order valence-electron chi connectivity index (χ4n) is 2.30. The lowest BCUT2D eigenvalue weighted by Gasteiger charge is -2.28. The lowest BCUT2D eigenvalue weighted by atomic mass is 9.96. The highest BCUT2D eigenvalue weighted by Gasteiger charge is 2.22. The van der Waals surface area contributed by atoms with Gasteiger partial charge in [-0.05, 0) is 19.4 Å². The van der Waals surface area contributed by atoms with Crippen molar-refractivity contribution >= 4 is 0 Å². The van der Waals surface area contributed by atoms with Crippen molar-refractivity contribution in [3.63, 3.8) is 0 Å².